The summed E-state index contributed by atoms with van der Waals surface area (Å²) >= 11 is 0. The first-order valence-electron chi connectivity index (χ1n) is 7.88. The largest absolute Gasteiger partial charge is 0.461 e. The van der Waals surface area contributed by atoms with Crippen LogP contribution < -0.4 is 0 Å². The monoisotopic (exact) mass is 306 g/mol. The Morgan fingerprint density at radius 3 is 2.68 bits per heavy atom. The number of hydrogen-bond acceptors (Lipinski definition) is 5. The lowest BCUT2D eigenvalue weighted by atomic mass is 9.58. The Morgan fingerprint density at radius 2 is 2.05 bits per heavy atom. The number of carbonyl (C=O) groups excluding carboxylic acids is 3. The van der Waals surface area contributed by atoms with Crippen LogP contribution in [0.4, 0.5) is 0 Å². The average Bonchev–Trinajstić information content (AvgIpc) is 2.71. The standard InChI is InChI=1S/C17H22O5/c1-8-11-5-6-17(4)13(21-10(3)18)7-12(19)9(2)14(17)15(11)22-16(8)20/h8,11,13,15H,5-7H2,1-4H3. The fourth-order valence-corrected chi connectivity index (χ4v) is 4.40. The van der Waals surface area contributed by atoms with E-state index < -0.39 is 11.5 Å². The van der Waals surface area contributed by atoms with Crippen molar-refractivity contribution in [1.82, 2.24) is 0 Å². The average molecular weight is 306 g/mol. The van der Waals surface area contributed by atoms with Crippen LogP contribution in [0.25, 0.3) is 0 Å². The zero-order chi connectivity index (χ0) is 16.2. The summed E-state index contributed by atoms with van der Waals surface area (Å²) in [4.78, 5) is 35.7. The first-order valence-corrected chi connectivity index (χ1v) is 7.88. The van der Waals surface area contributed by atoms with E-state index in [0.717, 1.165) is 18.4 Å². The van der Waals surface area contributed by atoms with Crippen LogP contribution in [0.2, 0.25) is 0 Å². The zero-order valence-corrected chi connectivity index (χ0v) is 13.5. The van der Waals surface area contributed by atoms with Gasteiger partial charge in [0.15, 0.2) is 5.78 Å². The highest BCUT2D eigenvalue weighted by atomic mass is 16.6. The summed E-state index contributed by atoms with van der Waals surface area (Å²) in [5.41, 5.74) is 1.14. The molecule has 5 unspecified atom stereocenters. The number of fused-ring (bicyclic) bond motifs is 3. The van der Waals surface area contributed by atoms with Gasteiger partial charge in [0, 0.05) is 24.7 Å². The third kappa shape index (κ3) is 2.02. The number of hydrogen-bond donors (Lipinski definition) is 0. The van der Waals surface area contributed by atoms with Crippen LogP contribution >= 0.6 is 0 Å². The maximum absolute atomic E-state index is 12.3. The van der Waals surface area contributed by atoms with E-state index in [0.29, 0.717) is 5.57 Å². The predicted molar refractivity (Wildman–Crippen MR) is 77.8 cm³/mol. The van der Waals surface area contributed by atoms with Crippen LogP contribution in [0.1, 0.15) is 47.0 Å². The van der Waals surface area contributed by atoms with Crippen molar-refractivity contribution in [2.75, 3.05) is 0 Å². The molecule has 1 saturated carbocycles. The number of Topliss-reactive ketones (excluding diaryl/α,β-unsaturated/α-hetero) is 1. The van der Waals surface area contributed by atoms with Gasteiger partial charge < -0.3 is 9.47 Å². The number of allylic oxidation sites excluding steroid dienone is 1. The van der Waals surface area contributed by atoms with E-state index in [-0.39, 0.29) is 42.1 Å². The van der Waals surface area contributed by atoms with Crippen molar-refractivity contribution in [3.63, 3.8) is 0 Å². The zero-order valence-electron chi connectivity index (χ0n) is 13.5. The molecule has 3 rings (SSSR count). The lowest BCUT2D eigenvalue weighted by Crippen LogP contribution is -2.50. The van der Waals surface area contributed by atoms with Crippen molar-refractivity contribution in [2.24, 2.45) is 17.3 Å². The molecule has 0 amide bonds. The minimum absolute atomic E-state index is 0.0185. The molecule has 5 nitrogen and oxygen atoms in total. The number of ketones is 1. The van der Waals surface area contributed by atoms with Gasteiger partial charge in [-0.2, -0.15) is 0 Å². The van der Waals surface area contributed by atoms with Crippen LogP contribution in [0, 0.1) is 17.3 Å². The highest BCUT2D eigenvalue weighted by Gasteiger charge is 2.57. The molecule has 22 heavy (non-hydrogen) atoms. The van der Waals surface area contributed by atoms with Crippen LogP contribution in [0.3, 0.4) is 0 Å². The highest BCUT2D eigenvalue weighted by Crippen LogP contribution is 2.55. The van der Waals surface area contributed by atoms with Crippen LogP contribution in [-0.2, 0) is 23.9 Å². The van der Waals surface area contributed by atoms with Crippen molar-refractivity contribution in [1.29, 1.82) is 0 Å². The van der Waals surface area contributed by atoms with Gasteiger partial charge in [-0.15, -0.1) is 0 Å². The normalized spacial score (nSPS) is 40.9. The molecule has 1 heterocycles. The molecule has 1 aliphatic heterocycles. The Kier molecular flexibility index (Phi) is 3.42. The van der Waals surface area contributed by atoms with Gasteiger partial charge in [-0.25, -0.2) is 0 Å². The van der Waals surface area contributed by atoms with Crippen molar-refractivity contribution in [2.45, 2.75) is 59.2 Å². The van der Waals surface area contributed by atoms with Crippen molar-refractivity contribution in [3.05, 3.63) is 11.1 Å². The molecule has 0 aromatic rings. The van der Waals surface area contributed by atoms with E-state index in [9.17, 15) is 14.4 Å². The summed E-state index contributed by atoms with van der Waals surface area (Å²) in [6.07, 6.45) is 1.05. The first-order chi connectivity index (χ1) is 10.3. The second-order valence-electron chi connectivity index (χ2n) is 7.03. The third-order valence-electron chi connectivity index (χ3n) is 5.75. The van der Waals surface area contributed by atoms with Crippen LogP contribution in [0.5, 0.6) is 0 Å². The van der Waals surface area contributed by atoms with Crippen molar-refractivity contribution in [3.8, 4) is 0 Å². The van der Waals surface area contributed by atoms with Gasteiger partial charge in [-0.05, 0) is 30.9 Å². The van der Waals surface area contributed by atoms with E-state index in [2.05, 4.69) is 0 Å². The molecular formula is C17H22O5. The smallest absolute Gasteiger partial charge is 0.309 e. The maximum Gasteiger partial charge on any atom is 0.309 e. The molecule has 3 aliphatic rings. The second kappa shape index (κ2) is 4.93. The van der Waals surface area contributed by atoms with E-state index in [1.165, 1.54) is 6.92 Å². The molecule has 5 heteroatoms. The van der Waals surface area contributed by atoms with Gasteiger partial charge in [-0.3, -0.25) is 14.4 Å². The van der Waals surface area contributed by atoms with Gasteiger partial charge >= 0.3 is 11.9 Å². The maximum atomic E-state index is 12.3. The Labute approximate surface area is 130 Å². The number of carbonyl (C=O) groups is 3. The predicted octanol–water partition coefficient (Wildman–Crippen LogP) is 2.19. The Hall–Kier alpha value is -1.65. The fourth-order valence-electron chi connectivity index (χ4n) is 4.40. The molecule has 0 aromatic heterocycles. The summed E-state index contributed by atoms with van der Waals surface area (Å²) in [5.74, 6) is -0.609. The van der Waals surface area contributed by atoms with Gasteiger partial charge in [0.2, 0.25) is 0 Å². The Balaban J connectivity index is 2.06. The van der Waals surface area contributed by atoms with Crippen molar-refractivity contribution >= 4 is 17.7 Å². The van der Waals surface area contributed by atoms with Crippen LogP contribution in [-0.4, -0.2) is 29.9 Å². The fraction of sp³-hybridized carbons (Fsp3) is 0.706. The summed E-state index contributed by atoms with van der Waals surface area (Å²) in [7, 11) is 0. The van der Waals surface area contributed by atoms with Gasteiger partial charge in [0.05, 0.1) is 5.92 Å². The van der Waals surface area contributed by atoms with E-state index in [4.69, 9.17) is 9.47 Å². The van der Waals surface area contributed by atoms with Crippen molar-refractivity contribution < 1.29 is 23.9 Å². The third-order valence-corrected chi connectivity index (χ3v) is 5.75. The molecule has 0 spiro atoms. The Bertz CT molecular complexity index is 590. The Morgan fingerprint density at radius 1 is 1.36 bits per heavy atom. The summed E-state index contributed by atoms with van der Waals surface area (Å²) in [5, 5.41) is 0. The molecule has 120 valence electrons. The molecule has 1 saturated heterocycles. The topological polar surface area (TPSA) is 69.7 Å². The van der Waals surface area contributed by atoms with E-state index in [1.807, 2.05) is 13.8 Å². The quantitative estimate of drug-likeness (QED) is 0.695. The molecule has 2 aliphatic carbocycles. The van der Waals surface area contributed by atoms with Crippen LogP contribution in [0.15, 0.2) is 11.1 Å². The molecule has 0 bridgehead atoms. The summed E-state index contributed by atoms with van der Waals surface area (Å²) < 4.78 is 11.0. The number of rotatable bonds is 1. The minimum atomic E-state index is -0.466. The summed E-state index contributed by atoms with van der Waals surface area (Å²) in [6.45, 7) is 7.08. The highest BCUT2D eigenvalue weighted by molar-refractivity contribution is 5.98. The molecule has 0 aromatic carbocycles. The molecule has 2 fully saturated rings. The molecule has 0 N–H and O–H groups in total. The van der Waals surface area contributed by atoms with Gasteiger partial charge in [0.25, 0.3) is 0 Å². The van der Waals surface area contributed by atoms with E-state index >= 15 is 0 Å². The van der Waals surface area contributed by atoms with E-state index in [1.54, 1.807) is 6.92 Å². The lowest BCUT2D eigenvalue weighted by molar-refractivity contribution is -0.157. The number of ether oxygens (including phenoxy) is 2. The molecular weight excluding hydrogens is 284 g/mol. The number of esters is 2. The minimum Gasteiger partial charge on any atom is -0.461 e. The SMILES string of the molecule is CC(=O)OC1CC(=O)C(C)=C2C3OC(=O)C(C)C3CCC21C. The first kappa shape index (κ1) is 15.3. The molecule has 0 radical (unpaired) electrons. The van der Waals surface area contributed by atoms with Gasteiger partial charge in [-0.1, -0.05) is 13.8 Å². The molecule has 5 atom stereocenters. The second-order valence-corrected chi connectivity index (χ2v) is 7.03. The summed E-state index contributed by atoms with van der Waals surface area (Å²) in [6, 6.07) is 0. The van der Waals surface area contributed by atoms with Gasteiger partial charge in [0.1, 0.15) is 12.2 Å². The lowest BCUT2D eigenvalue weighted by Gasteiger charge is -2.49.